The molecule has 0 aliphatic rings. The molecule has 0 atom stereocenters. The Balaban J connectivity index is 1.84. The Morgan fingerprint density at radius 2 is 1.41 bits per heavy atom. The van der Waals surface area contributed by atoms with Crippen molar-refractivity contribution in [1.82, 2.24) is 4.98 Å². The van der Waals surface area contributed by atoms with E-state index in [9.17, 15) is 4.79 Å². The van der Waals surface area contributed by atoms with Gasteiger partial charge in [-0.3, -0.25) is 0 Å². The lowest BCUT2D eigenvalue weighted by atomic mass is 10.0. The van der Waals surface area contributed by atoms with E-state index in [1.54, 1.807) is 18.2 Å². The minimum absolute atomic E-state index is 0.107. The molecule has 0 bridgehead atoms. The topological polar surface area (TPSA) is 85.4 Å². The molecule has 0 aliphatic carbocycles. The lowest BCUT2D eigenvalue weighted by Gasteiger charge is -2.13. The van der Waals surface area contributed by atoms with Crippen LogP contribution in [-0.2, 0) is 0 Å². The van der Waals surface area contributed by atoms with Crippen LogP contribution in [0.15, 0.2) is 78.9 Å². The van der Waals surface area contributed by atoms with Crippen LogP contribution >= 0.6 is 0 Å². The van der Waals surface area contributed by atoms with Gasteiger partial charge in [0, 0.05) is 10.9 Å². The standard InChI is InChI=1S/C22H16N2O3/c23-19-20(16-12-10-15(11-13-16)14-6-2-1-3-7-14)24-18-9-5-4-8-17(18)21(19)27-22(25)26/h1-13H,23H2,(H,25,26). The van der Waals surface area contributed by atoms with Crippen molar-refractivity contribution in [3.05, 3.63) is 78.9 Å². The predicted molar refractivity (Wildman–Crippen MR) is 106 cm³/mol. The quantitative estimate of drug-likeness (QED) is 0.492. The van der Waals surface area contributed by atoms with Gasteiger partial charge in [0.1, 0.15) is 5.69 Å². The van der Waals surface area contributed by atoms with Gasteiger partial charge < -0.3 is 15.6 Å². The zero-order valence-corrected chi connectivity index (χ0v) is 14.3. The number of ether oxygens (including phenoxy) is 1. The largest absolute Gasteiger partial charge is 0.511 e. The molecule has 0 unspecified atom stereocenters. The molecule has 132 valence electrons. The normalized spacial score (nSPS) is 10.7. The van der Waals surface area contributed by atoms with E-state index in [2.05, 4.69) is 4.98 Å². The van der Waals surface area contributed by atoms with E-state index in [1.807, 2.05) is 60.7 Å². The number of carbonyl (C=O) groups is 1. The summed E-state index contributed by atoms with van der Waals surface area (Å²) in [5.74, 6) is 0.107. The van der Waals surface area contributed by atoms with Crippen molar-refractivity contribution in [3.8, 4) is 28.1 Å². The van der Waals surface area contributed by atoms with Crippen LogP contribution in [0.3, 0.4) is 0 Å². The molecule has 0 radical (unpaired) electrons. The van der Waals surface area contributed by atoms with Crippen molar-refractivity contribution in [2.75, 3.05) is 5.73 Å². The van der Waals surface area contributed by atoms with Gasteiger partial charge in [0.25, 0.3) is 0 Å². The minimum atomic E-state index is -1.41. The summed E-state index contributed by atoms with van der Waals surface area (Å²) in [6, 6.07) is 25.0. The molecule has 4 rings (SSSR count). The number of rotatable bonds is 3. The van der Waals surface area contributed by atoms with E-state index in [-0.39, 0.29) is 11.4 Å². The zero-order valence-electron chi connectivity index (χ0n) is 14.3. The molecule has 27 heavy (non-hydrogen) atoms. The molecule has 4 aromatic rings. The molecule has 0 saturated heterocycles. The van der Waals surface area contributed by atoms with Gasteiger partial charge >= 0.3 is 6.16 Å². The van der Waals surface area contributed by atoms with Crippen LogP contribution < -0.4 is 10.5 Å². The number of hydrogen-bond donors (Lipinski definition) is 2. The number of benzene rings is 3. The van der Waals surface area contributed by atoms with Gasteiger partial charge in [-0.15, -0.1) is 0 Å². The van der Waals surface area contributed by atoms with Crippen LogP contribution in [0.4, 0.5) is 10.5 Å². The number of nitrogens with zero attached hydrogens (tertiary/aromatic N) is 1. The van der Waals surface area contributed by atoms with E-state index < -0.39 is 6.16 Å². The van der Waals surface area contributed by atoms with Crippen LogP contribution in [0.5, 0.6) is 5.75 Å². The fraction of sp³-hybridized carbons (Fsp3) is 0. The van der Waals surface area contributed by atoms with Crippen molar-refractivity contribution >= 4 is 22.7 Å². The molecule has 1 aromatic heterocycles. The molecular weight excluding hydrogens is 340 g/mol. The second kappa shape index (κ2) is 6.80. The Bertz CT molecular complexity index is 1120. The maximum Gasteiger partial charge on any atom is 0.511 e. The summed E-state index contributed by atoms with van der Waals surface area (Å²) in [6.07, 6.45) is -1.41. The predicted octanol–water partition coefficient (Wildman–Crippen LogP) is 5.21. The first-order chi connectivity index (χ1) is 13.1. The molecule has 0 fully saturated rings. The molecule has 0 aliphatic heterocycles. The first-order valence-electron chi connectivity index (χ1n) is 8.38. The summed E-state index contributed by atoms with van der Waals surface area (Å²) < 4.78 is 4.97. The molecule has 3 aromatic carbocycles. The molecule has 1 heterocycles. The van der Waals surface area contributed by atoms with E-state index in [0.29, 0.717) is 16.6 Å². The first-order valence-corrected chi connectivity index (χ1v) is 8.38. The van der Waals surface area contributed by atoms with Gasteiger partial charge in [-0.1, -0.05) is 66.7 Å². The molecule has 5 nitrogen and oxygen atoms in total. The smallest absolute Gasteiger partial charge is 0.449 e. The van der Waals surface area contributed by atoms with Crippen molar-refractivity contribution < 1.29 is 14.6 Å². The van der Waals surface area contributed by atoms with E-state index in [1.165, 1.54) is 0 Å². The maximum absolute atomic E-state index is 11.1. The zero-order chi connectivity index (χ0) is 18.8. The van der Waals surface area contributed by atoms with Gasteiger partial charge in [0.2, 0.25) is 0 Å². The average molecular weight is 356 g/mol. The molecule has 0 amide bonds. The summed E-state index contributed by atoms with van der Waals surface area (Å²) in [5.41, 5.74) is 10.5. The monoisotopic (exact) mass is 356 g/mol. The van der Waals surface area contributed by atoms with Gasteiger partial charge in [-0.2, -0.15) is 0 Å². The Hall–Kier alpha value is -3.86. The SMILES string of the molecule is Nc1c(-c2ccc(-c3ccccc3)cc2)nc2ccccc2c1OC(=O)O. The number of fused-ring (bicyclic) bond motifs is 1. The number of anilines is 1. The van der Waals surface area contributed by atoms with Crippen LogP contribution in [0.1, 0.15) is 0 Å². The summed E-state index contributed by atoms with van der Waals surface area (Å²) in [5, 5.41) is 9.63. The highest BCUT2D eigenvalue weighted by molar-refractivity contribution is 5.97. The molecule has 5 heteroatoms. The van der Waals surface area contributed by atoms with E-state index in [0.717, 1.165) is 16.7 Å². The number of pyridine rings is 1. The third-order valence-corrected chi connectivity index (χ3v) is 4.34. The second-order valence-electron chi connectivity index (χ2n) is 6.03. The molecule has 0 spiro atoms. The Morgan fingerprint density at radius 1 is 0.815 bits per heavy atom. The average Bonchev–Trinajstić information content (AvgIpc) is 2.70. The van der Waals surface area contributed by atoms with Crippen LogP contribution in [0, 0.1) is 0 Å². The Morgan fingerprint density at radius 3 is 2.11 bits per heavy atom. The van der Waals surface area contributed by atoms with Gasteiger partial charge in [0.15, 0.2) is 5.75 Å². The summed E-state index contributed by atoms with van der Waals surface area (Å²) in [6.45, 7) is 0. The van der Waals surface area contributed by atoms with E-state index >= 15 is 0 Å². The number of nitrogens with two attached hydrogens (primary N) is 1. The fourth-order valence-electron chi connectivity index (χ4n) is 3.06. The highest BCUT2D eigenvalue weighted by Gasteiger charge is 2.17. The third kappa shape index (κ3) is 3.18. The number of nitrogen functional groups attached to an aromatic ring is 1. The van der Waals surface area contributed by atoms with Crippen LogP contribution in [-0.4, -0.2) is 16.2 Å². The Labute approximate surface area is 155 Å². The summed E-state index contributed by atoms with van der Waals surface area (Å²) in [7, 11) is 0. The van der Waals surface area contributed by atoms with Crippen LogP contribution in [0.2, 0.25) is 0 Å². The van der Waals surface area contributed by atoms with E-state index in [4.69, 9.17) is 15.6 Å². The number of carboxylic acid groups (broad SMARTS) is 1. The lowest BCUT2D eigenvalue weighted by Crippen LogP contribution is -2.07. The minimum Gasteiger partial charge on any atom is -0.449 e. The summed E-state index contributed by atoms with van der Waals surface area (Å²) >= 11 is 0. The summed E-state index contributed by atoms with van der Waals surface area (Å²) in [4.78, 5) is 15.7. The fourth-order valence-corrected chi connectivity index (χ4v) is 3.06. The highest BCUT2D eigenvalue weighted by Crippen LogP contribution is 2.38. The number of hydrogen-bond acceptors (Lipinski definition) is 4. The number of aromatic nitrogens is 1. The van der Waals surface area contributed by atoms with Crippen molar-refractivity contribution in [1.29, 1.82) is 0 Å². The molecule has 3 N–H and O–H groups in total. The van der Waals surface area contributed by atoms with Crippen molar-refractivity contribution in [2.45, 2.75) is 0 Å². The van der Waals surface area contributed by atoms with Crippen molar-refractivity contribution in [3.63, 3.8) is 0 Å². The Kier molecular flexibility index (Phi) is 4.18. The van der Waals surface area contributed by atoms with Gasteiger partial charge in [-0.25, -0.2) is 9.78 Å². The maximum atomic E-state index is 11.1. The molecule has 0 saturated carbocycles. The third-order valence-electron chi connectivity index (χ3n) is 4.34. The van der Waals surface area contributed by atoms with Crippen LogP contribution in [0.25, 0.3) is 33.3 Å². The lowest BCUT2D eigenvalue weighted by molar-refractivity contribution is 0.145. The second-order valence-corrected chi connectivity index (χ2v) is 6.03. The van der Waals surface area contributed by atoms with Gasteiger partial charge in [-0.05, 0) is 23.3 Å². The highest BCUT2D eigenvalue weighted by atomic mass is 16.7. The van der Waals surface area contributed by atoms with Crippen molar-refractivity contribution in [2.24, 2.45) is 0 Å². The first kappa shape index (κ1) is 16.6. The molecular formula is C22H16N2O3. The number of para-hydroxylation sites is 1. The van der Waals surface area contributed by atoms with Gasteiger partial charge in [0.05, 0.1) is 11.2 Å².